The van der Waals surface area contributed by atoms with Crippen LogP contribution in [0, 0.1) is 13.8 Å². The molecule has 1 aromatic heterocycles. The third-order valence-electron chi connectivity index (χ3n) is 5.04. The summed E-state index contributed by atoms with van der Waals surface area (Å²) in [5, 5.41) is 3.73. The van der Waals surface area contributed by atoms with Gasteiger partial charge in [0.05, 0.1) is 0 Å². The quantitative estimate of drug-likeness (QED) is 0.594. The zero-order chi connectivity index (χ0) is 22.0. The van der Waals surface area contributed by atoms with Gasteiger partial charge in [-0.05, 0) is 49.6 Å². The lowest BCUT2D eigenvalue weighted by Crippen LogP contribution is -2.23. The SMILES string of the molecule is Cc1ccc(Nc2nc(N)nc(COc3cc(N4CCCC4=O)ccc3C)n2)cc1Cl. The van der Waals surface area contributed by atoms with Crippen LogP contribution in [0.4, 0.5) is 23.3 Å². The van der Waals surface area contributed by atoms with Gasteiger partial charge in [0.2, 0.25) is 17.8 Å². The lowest BCUT2D eigenvalue weighted by atomic mass is 10.2. The summed E-state index contributed by atoms with van der Waals surface area (Å²) in [5.41, 5.74) is 9.36. The second-order valence-corrected chi connectivity index (χ2v) is 7.82. The van der Waals surface area contributed by atoms with Crippen LogP contribution in [-0.2, 0) is 11.4 Å². The number of ether oxygens (including phenoxy) is 1. The molecule has 1 aliphatic rings. The summed E-state index contributed by atoms with van der Waals surface area (Å²) in [6.07, 6.45) is 1.45. The summed E-state index contributed by atoms with van der Waals surface area (Å²) in [6.45, 7) is 4.71. The molecule has 9 heteroatoms. The number of aryl methyl sites for hydroxylation is 2. The number of anilines is 4. The second-order valence-electron chi connectivity index (χ2n) is 7.41. The Balaban J connectivity index is 1.49. The van der Waals surface area contributed by atoms with Gasteiger partial charge in [0.1, 0.15) is 12.4 Å². The van der Waals surface area contributed by atoms with Gasteiger partial charge in [-0.1, -0.05) is 23.7 Å². The van der Waals surface area contributed by atoms with Crippen molar-refractivity contribution in [2.45, 2.75) is 33.3 Å². The van der Waals surface area contributed by atoms with Crippen LogP contribution in [0.5, 0.6) is 5.75 Å². The molecule has 2 aromatic carbocycles. The van der Waals surface area contributed by atoms with Gasteiger partial charge in [0.15, 0.2) is 5.82 Å². The highest BCUT2D eigenvalue weighted by molar-refractivity contribution is 6.31. The number of halogens is 1. The van der Waals surface area contributed by atoms with E-state index in [4.69, 9.17) is 22.1 Å². The van der Waals surface area contributed by atoms with Crippen molar-refractivity contribution in [1.29, 1.82) is 0 Å². The minimum Gasteiger partial charge on any atom is -0.485 e. The average Bonchev–Trinajstić information content (AvgIpc) is 3.16. The summed E-state index contributed by atoms with van der Waals surface area (Å²) >= 11 is 6.18. The van der Waals surface area contributed by atoms with Crippen molar-refractivity contribution >= 4 is 40.8 Å². The molecule has 8 nitrogen and oxygen atoms in total. The van der Waals surface area contributed by atoms with Crippen molar-refractivity contribution < 1.29 is 9.53 Å². The Morgan fingerprint density at radius 3 is 2.68 bits per heavy atom. The van der Waals surface area contributed by atoms with E-state index in [1.54, 1.807) is 11.0 Å². The fourth-order valence-corrected chi connectivity index (χ4v) is 3.51. The van der Waals surface area contributed by atoms with Crippen LogP contribution in [0.25, 0.3) is 0 Å². The first kappa shape index (κ1) is 20.9. The van der Waals surface area contributed by atoms with Crippen molar-refractivity contribution in [3.8, 4) is 5.75 Å². The van der Waals surface area contributed by atoms with Gasteiger partial charge in [-0.2, -0.15) is 15.0 Å². The van der Waals surface area contributed by atoms with E-state index in [-0.39, 0.29) is 18.5 Å². The van der Waals surface area contributed by atoms with Crippen molar-refractivity contribution in [3.05, 3.63) is 58.4 Å². The summed E-state index contributed by atoms with van der Waals surface area (Å²) < 4.78 is 5.96. The van der Waals surface area contributed by atoms with E-state index in [1.165, 1.54) is 0 Å². The van der Waals surface area contributed by atoms with Crippen LogP contribution in [0.2, 0.25) is 5.02 Å². The van der Waals surface area contributed by atoms with Crippen LogP contribution in [0.1, 0.15) is 29.8 Å². The van der Waals surface area contributed by atoms with Crippen LogP contribution in [-0.4, -0.2) is 27.4 Å². The summed E-state index contributed by atoms with van der Waals surface area (Å²) in [4.78, 5) is 26.5. The number of nitrogens with two attached hydrogens (primary N) is 1. The van der Waals surface area contributed by atoms with Gasteiger partial charge in [0.25, 0.3) is 0 Å². The molecule has 0 atom stereocenters. The number of hydrogen-bond donors (Lipinski definition) is 2. The molecule has 4 rings (SSSR count). The van der Waals surface area contributed by atoms with Crippen molar-refractivity contribution in [2.24, 2.45) is 0 Å². The fourth-order valence-electron chi connectivity index (χ4n) is 3.33. The third kappa shape index (κ3) is 4.86. The van der Waals surface area contributed by atoms with E-state index in [0.29, 0.717) is 29.0 Å². The Bertz CT molecular complexity index is 1140. The van der Waals surface area contributed by atoms with Crippen LogP contribution in [0.3, 0.4) is 0 Å². The first-order valence-electron chi connectivity index (χ1n) is 9.96. The number of carbonyl (C=O) groups excluding carboxylic acids is 1. The second kappa shape index (κ2) is 8.77. The summed E-state index contributed by atoms with van der Waals surface area (Å²) in [6, 6.07) is 11.3. The third-order valence-corrected chi connectivity index (χ3v) is 5.45. The van der Waals surface area contributed by atoms with E-state index >= 15 is 0 Å². The molecular weight excluding hydrogens is 416 g/mol. The molecule has 0 spiro atoms. The van der Waals surface area contributed by atoms with Crippen molar-refractivity contribution in [1.82, 2.24) is 15.0 Å². The monoisotopic (exact) mass is 438 g/mol. The molecule has 0 saturated carbocycles. The molecule has 1 amide bonds. The number of aromatic nitrogens is 3. The first-order valence-corrected chi connectivity index (χ1v) is 10.3. The minimum absolute atomic E-state index is 0.0856. The molecule has 3 N–H and O–H groups in total. The van der Waals surface area contributed by atoms with Crippen molar-refractivity contribution in [3.63, 3.8) is 0 Å². The molecule has 1 saturated heterocycles. The highest BCUT2D eigenvalue weighted by atomic mass is 35.5. The first-order chi connectivity index (χ1) is 14.9. The predicted octanol–water partition coefficient (Wildman–Crippen LogP) is 4.17. The number of rotatable bonds is 6. The van der Waals surface area contributed by atoms with Gasteiger partial charge < -0.3 is 20.7 Å². The Labute approximate surface area is 185 Å². The molecule has 1 fully saturated rings. The van der Waals surface area contributed by atoms with E-state index in [9.17, 15) is 4.79 Å². The maximum absolute atomic E-state index is 12.0. The van der Waals surface area contributed by atoms with E-state index in [0.717, 1.165) is 35.5 Å². The van der Waals surface area contributed by atoms with Crippen LogP contribution < -0.4 is 20.7 Å². The predicted molar refractivity (Wildman–Crippen MR) is 121 cm³/mol. The van der Waals surface area contributed by atoms with Gasteiger partial charge in [-0.25, -0.2) is 0 Å². The highest BCUT2D eigenvalue weighted by Gasteiger charge is 2.22. The molecule has 0 unspecified atom stereocenters. The maximum atomic E-state index is 12.0. The normalized spacial score (nSPS) is 13.5. The van der Waals surface area contributed by atoms with E-state index < -0.39 is 0 Å². The number of benzene rings is 2. The summed E-state index contributed by atoms with van der Waals surface area (Å²) in [7, 11) is 0. The molecule has 2 heterocycles. The number of hydrogen-bond acceptors (Lipinski definition) is 7. The Kier molecular flexibility index (Phi) is 5.90. The largest absolute Gasteiger partial charge is 0.485 e. The zero-order valence-corrected chi connectivity index (χ0v) is 18.1. The Hall–Kier alpha value is -3.39. The zero-order valence-electron chi connectivity index (χ0n) is 17.4. The van der Waals surface area contributed by atoms with E-state index in [1.807, 2.05) is 44.2 Å². The minimum atomic E-state index is 0.0856. The van der Waals surface area contributed by atoms with Crippen molar-refractivity contribution in [2.75, 3.05) is 22.5 Å². The molecule has 3 aromatic rings. The van der Waals surface area contributed by atoms with E-state index in [2.05, 4.69) is 20.3 Å². The molecule has 160 valence electrons. The van der Waals surface area contributed by atoms with Gasteiger partial charge in [-0.3, -0.25) is 4.79 Å². The number of nitrogen functional groups attached to an aromatic ring is 1. The highest BCUT2D eigenvalue weighted by Crippen LogP contribution is 2.29. The molecule has 0 radical (unpaired) electrons. The number of amides is 1. The van der Waals surface area contributed by atoms with Gasteiger partial charge in [0, 0.05) is 35.4 Å². The molecule has 31 heavy (non-hydrogen) atoms. The number of nitrogens with zero attached hydrogens (tertiary/aromatic N) is 4. The Morgan fingerprint density at radius 2 is 1.94 bits per heavy atom. The Morgan fingerprint density at radius 1 is 1.13 bits per heavy atom. The lowest BCUT2D eigenvalue weighted by Gasteiger charge is -2.18. The molecule has 1 aliphatic heterocycles. The fraction of sp³-hybridized carbons (Fsp3) is 0.273. The smallest absolute Gasteiger partial charge is 0.232 e. The maximum Gasteiger partial charge on any atom is 0.232 e. The molecule has 0 bridgehead atoms. The van der Waals surface area contributed by atoms with Gasteiger partial charge >= 0.3 is 0 Å². The molecular formula is C22H23ClN6O2. The molecule has 0 aliphatic carbocycles. The van der Waals surface area contributed by atoms with Gasteiger partial charge in [-0.15, -0.1) is 0 Å². The average molecular weight is 439 g/mol. The standard InChI is InChI=1S/C22H23ClN6O2/c1-13-5-7-15(10-17(13)23)25-22-27-19(26-21(24)28-22)12-31-18-11-16(8-6-14(18)2)29-9-3-4-20(29)30/h5-8,10-11H,3-4,9,12H2,1-2H3,(H3,24,25,26,27,28). The lowest BCUT2D eigenvalue weighted by molar-refractivity contribution is -0.117. The number of nitrogens with one attached hydrogen (secondary N) is 1. The topological polar surface area (TPSA) is 106 Å². The van der Waals surface area contributed by atoms with Crippen LogP contribution >= 0.6 is 11.6 Å². The van der Waals surface area contributed by atoms with Crippen LogP contribution in [0.15, 0.2) is 36.4 Å². The summed E-state index contributed by atoms with van der Waals surface area (Å²) in [5.74, 6) is 1.57. The number of carbonyl (C=O) groups is 1.